The monoisotopic (exact) mass is 352 g/mol. The third-order valence-electron chi connectivity index (χ3n) is 5.74. The summed E-state index contributed by atoms with van der Waals surface area (Å²) in [7, 11) is 0. The number of nitrogens with zero attached hydrogens (tertiary/aromatic N) is 2. The molecule has 0 amide bonds. The van der Waals surface area contributed by atoms with E-state index in [9.17, 15) is 9.18 Å². The standard InChI is InChI=1S/C22H25FN2O/c23-19-10-8-17(9-11-19)22(26)18-4-3-7-21(16-18)25-14-12-24(13-15-25)20-5-1-2-6-20/h3-4,7-11,16,20H,1-2,5-6,12-15H2. The first-order chi connectivity index (χ1) is 12.7. The fraction of sp³-hybridized carbons (Fsp3) is 0.409. The average Bonchev–Trinajstić information content (AvgIpc) is 3.23. The van der Waals surface area contributed by atoms with Gasteiger partial charge in [-0.05, 0) is 49.2 Å². The van der Waals surface area contributed by atoms with Gasteiger partial charge in [-0.2, -0.15) is 0 Å². The Labute approximate surface area is 154 Å². The summed E-state index contributed by atoms with van der Waals surface area (Å²) in [5.41, 5.74) is 2.28. The molecule has 4 rings (SSSR count). The summed E-state index contributed by atoms with van der Waals surface area (Å²) in [5, 5.41) is 0. The predicted octanol–water partition coefficient (Wildman–Crippen LogP) is 4.12. The van der Waals surface area contributed by atoms with Gasteiger partial charge in [0, 0.05) is 49.0 Å². The molecule has 0 spiro atoms. The highest BCUT2D eigenvalue weighted by Crippen LogP contribution is 2.26. The van der Waals surface area contributed by atoms with Crippen LogP contribution in [0.3, 0.4) is 0 Å². The van der Waals surface area contributed by atoms with Gasteiger partial charge in [0.25, 0.3) is 0 Å². The summed E-state index contributed by atoms with van der Waals surface area (Å²) < 4.78 is 13.1. The van der Waals surface area contributed by atoms with Gasteiger partial charge in [0.15, 0.2) is 5.78 Å². The molecule has 0 N–H and O–H groups in total. The van der Waals surface area contributed by atoms with E-state index < -0.39 is 0 Å². The van der Waals surface area contributed by atoms with Crippen LogP contribution in [0.15, 0.2) is 48.5 Å². The summed E-state index contributed by atoms with van der Waals surface area (Å²) in [6.07, 6.45) is 5.44. The minimum Gasteiger partial charge on any atom is -0.369 e. The maximum Gasteiger partial charge on any atom is 0.193 e. The Bertz CT molecular complexity index is 760. The molecule has 1 saturated heterocycles. The van der Waals surface area contributed by atoms with Gasteiger partial charge in [-0.3, -0.25) is 9.69 Å². The van der Waals surface area contributed by atoms with Crippen LogP contribution in [0.2, 0.25) is 0 Å². The molecule has 3 nitrogen and oxygen atoms in total. The number of halogens is 1. The SMILES string of the molecule is O=C(c1ccc(F)cc1)c1cccc(N2CCN(C3CCCC3)CC2)c1. The van der Waals surface area contributed by atoms with Crippen LogP contribution in [0, 0.1) is 5.82 Å². The van der Waals surface area contributed by atoms with Crippen molar-refractivity contribution in [3.8, 4) is 0 Å². The van der Waals surface area contributed by atoms with E-state index in [0.29, 0.717) is 11.1 Å². The highest BCUT2D eigenvalue weighted by molar-refractivity contribution is 6.09. The molecule has 2 aromatic carbocycles. The van der Waals surface area contributed by atoms with E-state index in [0.717, 1.165) is 37.9 Å². The zero-order chi connectivity index (χ0) is 17.9. The molecule has 0 aromatic heterocycles. The first-order valence-corrected chi connectivity index (χ1v) is 9.60. The molecule has 2 aliphatic rings. The van der Waals surface area contributed by atoms with Crippen molar-refractivity contribution < 1.29 is 9.18 Å². The molecule has 4 heteroatoms. The van der Waals surface area contributed by atoms with Crippen LogP contribution >= 0.6 is 0 Å². The molecule has 2 aromatic rings. The second-order valence-electron chi connectivity index (χ2n) is 7.35. The molecule has 0 unspecified atom stereocenters. The van der Waals surface area contributed by atoms with Crippen LogP contribution in [0.1, 0.15) is 41.6 Å². The van der Waals surface area contributed by atoms with Crippen molar-refractivity contribution >= 4 is 11.5 Å². The zero-order valence-electron chi connectivity index (χ0n) is 15.0. The normalized spacial score (nSPS) is 19.0. The Hall–Kier alpha value is -2.20. The van der Waals surface area contributed by atoms with Crippen molar-refractivity contribution in [2.75, 3.05) is 31.1 Å². The summed E-state index contributed by atoms with van der Waals surface area (Å²) in [4.78, 5) is 17.7. The van der Waals surface area contributed by atoms with E-state index in [1.165, 1.54) is 37.8 Å². The maximum atomic E-state index is 13.1. The second kappa shape index (κ2) is 7.58. The minimum atomic E-state index is -0.324. The van der Waals surface area contributed by atoms with Crippen molar-refractivity contribution in [3.63, 3.8) is 0 Å². The lowest BCUT2D eigenvalue weighted by Crippen LogP contribution is -2.49. The number of benzene rings is 2. The van der Waals surface area contributed by atoms with Crippen LogP contribution < -0.4 is 4.90 Å². The Morgan fingerprint density at radius 3 is 2.27 bits per heavy atom. The largest absolute Gasteiger partial charge is 0.369 e. The Morgan fingerprint density at radius 2 is 1.58 bits per heavy atom. The minimum absolute atomic E-state index is 0.0589. The molecule has 2 fully saturated rings. The number of hydrogen-bond donors (Lipinski definition) is 0. The molecule has 0 bridgehead atoms. The summed E-state index contributed by atoms with van der Waals surface area (Å²) in [5.74, 6) is -0.383. The molecular weight excluding hydrogens is 327 g/mol. The summed E-state index contributed by atoms with van der Waals surface area (Å²) in [6, 6.07) is 14.4. The van der Waals surface area contributed by atoms with Crippen molar-refractivity contribution in [1.82, 2.24) is 4.90 Å². The number of piperazine rings is 1. The van der Waals surface area contributed by atoms with Gasteiger partial charge in [-0.15, -0.1) is 0 Å². The number of hydrogen-bond acceptors (Lipinski definition) is 3. The van der Waals surface area contributed by atoms with E-state index >= 15 is 0 Å². The van der Waals surface area contributed by atoms with Crippen LogP contribution in [-0.2, 0) is 0 Å². The molecule has 136 valence electrons. The van der Waals surface area contributed by atoms with Crippen molar-refractivity contribution in [2.45, 2.75) is 31.7 Å². The molecule has 1 heterocycles. The summed E-state index contributed by atoms with van der Waals surface area (Å²) >= 11 is 0. The fourth-order valence-electron chi connectivity index (χ4n) is 4.23. The van der Waals surface area contributed by atoms with Gasteiger partial charge in [0.2, 0.25) is 0 Å². The second-order valence-corrected chi connectivity index (χ2v) is 7.35. The number of carbonyl (C=O) groups is 1. The van der Waals surface area contributed by atoms with Gasteiger partial charge >= 0.3 is 0 Å². The molecule has 0 radical (unpaired) electrons. The fourth-order valence-corrected chi connectivity index (χ4v) is 4.23. The van der Waals surface area contributed by atoms with E-state index in [4.69, 9.17) is 0 Å². The summed E-state index contributed by atoms with van der Waals surface area (Å²) in [6.45, 7) is 4.21. The molecule has 26 heavy (non-hydrogen) atoms. The maximum absolute atomic E-state index is 13.1. The van der Waals surface area contributed by atoms with Crippen LogP contribution in [0.5, 0.6) is 0 Å². The van der Waals surface area contributed by atoms with Gasteiger partial charge in [0.1, 0.15) is 5.82 Å². The third kappa shape index (κ3) is 3.65. The number of carbonyl (C=O) groups excluding carboxylic acids is 1. The highest BCUT2D eigenvalue weighted by Gasteiger charge is 2.26. The Balaban J connectivity index is 1.44. The first-order valence-electron chi connectivity index (χ1n) is 9.60. The molecule has 1 aliphatic heterocycles. The number of anilines is 1. The number of rotatable bonds is 4. The predicted molar refractivity (Wildman–Crippen MR) is 102 cm³/mol. The van der Waals surface area contributed by atoms with Gasteiger partial charge in [-0.25, -0.2) is 4.39 Å². The van der Waals surface area contributed by atoms with E-state index in [1.54, 1.807) is 12.1 Å². The lowest BCUT2D eigenvalue weighted by molar-refractivity contribution is 0.103. The molecule has 1 aliphatic carbocycles. The van der Waals surface area contributed by atoms with Crippen LogP contribution in [-0.4, -0.2) is 42.9 Å². The van der Waals surface area contributed by atoms with E-state index in [1.807, 2.05) is 18.2 Å². The Kier molecular flexibility index (Phi) is 5.02. The van der Waals surface area contributed by atoms with Gasteiger partial charge in [-0.1, -0.05) is 25.0 Å². The molecule has 0 atom stereocenters. The smallest absolute Gasteiger partial charge is 0.193 e. The lowest BCUT2D eigenvalue weighted by Gasteiger charge is -2.39. The van der Waals surface area contributed by atoms with E-state index in [-0.39, 0.29) is 11.6 Å². The Morgan fingerprint density at radius 1 is 0.885 bits per heavy atom. The first kappa shape index (κ1) is 17.2. The topological polar surface area (TPSA) is 23.6 Å². The quantitative estimate of drug-likeness (QED) is 0.774. The van der Waals surface area contributed by atoms with Crippen molar-refractivity contribution in [3.05, 3.63) is 65.5 Å². The third-order valence-corrected chi connectivity index (χ3v) is 5.74. The average molecular weight is 352 g/mol. The van der Waals surface area contributed by atoms with Gasteiger partial charge in [0.05, 0.1) is 0 Å². The molecule has 1 saturated carbocycles. The molecular formula is C22H25FN2O. The van der Waals surface area contributed by atoms with Crippen LogP contribution in [0.4, 0.5) is 10.1 Å². The highest BCUT2D eigenvalue weighted by atomic mass is 19.1. The van der Waals surface area contributed by atoms with E-state index in [2.05, 4.69) is 15.9 Å². The van der Waals surface area contributed by atoms with Gasteiger partial charge < -0.3 is 4.90 Å². The van der Waals surface area contributed by atoms with Crippen molar-refractivity contribution in [1.29, 1.82) is 0 Å². The van der Waals surface area contributed by atoms with Crippen LogP contribution in [0.25, 0.3) is 0 Å². The lowest BCUT2D eigenvalue weighted by atomic mass is 10.0. The van der Waals surface area contributed by atoms with Crippen molar-refractivity contribution in [2.24, 2.45) is 0 Å². The number of ketones is 1. The zero-order valence-corrected chi connectivity index (χ0v) is 15.0.